The van der Waals surface area contributed by atoms with Gasteiger partial charge >= 0.3 is 6.09 Å². The Kier molecular flexibility index (Phi) is 9.84. The van der Waals surface area contributed by atoms with Gasteiger partial charge in [0.1, 0.15) is 11.4 Å². The van der Waals surface area contributed by atoms with Gasteiger partial charge in [-0.15, -0.1) is 0 Å². The first-order valence-electron chi connectivity index (χ1n) is 10.7. The van der Waals surface area contributed by atoms with Crippen LogP contribution in [0.2, 0.25) is 18.1 Å². The van der Waals surface area contributed by atoms with Gasteiger partial charge in [0.15, 0.2) is 8.32 Å². The molecule has 1 rings (SSSR count). The van der Waals surface area contributed by atoms with E-state index in [-0.39, 0.29) is 11.6 Å². The van der Waals surface area contributed by atoms with E-state index in [1.807, 2.05) is 24.3 Å². The third-order valence-electron chi connectivity index (χ3n) is 5.17. The summed E-state index contributed by atoms with van der Waals surface area (Å²) in [5, 5.41) is 12.5. The molecule has 1 atom stereocenters. The molecule has 0 aromatic heterocycles. The standard InChI is InChI=1S/C23H41NO5Si/c1-22(2,3)29-21(26)24-19(17-25)16-18-10-12-20(13-11-18)27-14-9-15-28-30(7,8)23(4,5)6/h10-13,19,25H,9,14-17H2,1-8H3,(H,24,26). The summed E-state index contributed by atoms with van der Waals surface area (Å²) in [6, 6.07) is 7.30. The molecule has 0 bridgehead atoms. The molecule has 7 heteroatoms. The van der Waals surface area contributed by atoms with E-state index in [0.29, 0.717) is 19.6 Å². The van der Waals surface area contributed by atoms with Crippen LogP contribution in [0.1, 0.15) is 53.5 Å². The fourth-order valence-corrected chi connectivity index (χ4v) is 3.52. The number of rotatable bonds is 10. The molecule has 0 saturated carbocycles. The van der Waals surface area contributed by atoms with Crippen molar-refractivity contribution in [1.82, 2.24) is 5.32 Å². The predicted octanol–water partition coefficient (Wildman–Crippen LogP) is 4.91. The maximum absolute atomic E-state index is 11.9. The highest BCUT2D eigenvalue weighted by molar-refractivity contribution is 6.74. The fourth-order valence-electron chi connectivity index (χ4n) is 2.43. The molecule has 2 N–H and O–H groups in total. The maximum Gasteiger partial charge on any atom is 0.407 e. The molecular formula is C23H41NO5Si. The number of amides is 1. The molecular weight excluding hydrogens is 398 g/mol. The first-order valence-corrected chi connectivity index (χ1v) is 13.6. The molecule has 0 aliphatic heterocycles. The van der Waals surface area contributed by atoms with Gasteiger partial charge < -0.3 is 24.3 Å². The lowest BCUT2D eigenvalue weighted by Gasteiger charge is -2.36. The van der Waals surface area contributed by atoms with E-state index >= 15 is 0 Å². The van der Waals surface area contributed by atoms with Gasteiger partial charge in [0.25, 0.3) is 0 Å². The largest absolute Gasteiger partial charge is 0.494 e. The van der Waals surface area contributed by atoms with Gasteiger partial charge in [0.05, 0.1) is 19.3 Å². The molecule has 0 aliphatic rings. The Bertz CT molecular complexity index is 647. The minimum absolute atomic E-state index is 0.161. The zero-order valence-corrected chi connectivity index (χ0v) is 21.0. The summed E-state index contributed by atoms with van der Waals surface area (Å²) in [7, 11) is -1.70. The second kappa shape index (κ2) is 11.2. The number of carbonyl (C=O) groups excluding carboxylic acids is 1. The predicted molar refractivity (Wildman–Crippen MR) is 124 cm³/mol. The molecule has 0 saturated heterocycles. The first-order chi connectivity index (χ1) is 13.7. The number of ether oxygens (including phenoxy) is 2. The Morgan fingerprint density at radius 2 is 1.67 bits per heavy atom. The van der Waals surface area contributed by atoms with E-state index in [2.05, 4.69) is 39.2 Å². The molecule has 1 amide bonds. The summed E-state index contributed by atoms with van der Waals surface area (Å²) >= 11 is 0. The summed E-state index contributed by atoms with van der Waals surface area (Å²) in [4.78, 5) is 11.9. The van der Waals surface area contributed by atoms with Crippen LogP contribution in [-0.4, -0.2) is 51.0 Å². The summed E-state index contributed by atoms with van der Waals surface area (Å²) in [5.41, 5.74) is 0.428. The van der Waals surface area contributed by atoms with Crippen molar-refractivity contribution in [2.24, 2.45) is 0 Å². The molecule has 172 valence electrons. The smallest absolute Gasteiger partial charge is 0.407 e. The molecule has 0 aliphatic carbocycles. The van der Waals surface area contributed by atoms with E-state index in [4.69, 9.17) is 13.9 Å². The van der Waals surface area contributed by atoms with Crippen molar-refractivity contribution < 1.29 is 23.8 Å². The van der Waals surface area contributed by atoms with Gasteiger partial charge in [0.2, 0.25) is 0 Å². The summed E-state index contributed by atoms with van der Waals surface area (Å²) in [5.74, 6) is 0.798. The van der Waals surface area contributed by atoms with Crippen LogP contribution < -0.4 is 10.1 Å². The SMILES string of the molecule is CC(C)(C)OC(=O)NC(CO)Cc1ccc(OCCCO[Si](C)(C)C(C)(C)C)cc1. The van der Waals surface area contributed by atoms with Crippen LogP contribution in [0.25, 0.3) is 0 Å². The van der Waals surface area contributed by atoms with Crippen molar-refractivity contribution in [3.63, 3.8) is 0 Å². The molecule has 0 fully saturated rings. The van der Waals surface area contributed by atoms with Crippen LogP contribution in [0.4, 0.5) is 4.79 Å². The van der Waals surface area contributed by atoms with Crippen molar-refractivity contribution in [2.45, 2.75) is 84.2 Å². The molecule has 6 nitrogen and oxygen atoms in total. The fraction of sp³-hybridized carbons (Fsp3) is 0.696. The number of carbonyl (C=O) groups is 1. The molecule has 0 radical (unpaired) electrons. The zero-order valence-electron chi connectivity index (χ0n) is 20.0. The highest BCUT2D eigenvalue weighted by Gasteiger charge is 2.36. The summed E-state index contributed by atoms with van der Waals surface area (Å²) in [6.45, 7) is 17.8. The Balaban J connectivity index is 2.41. The van der Waals surface area contributed by atoms with E-state index < -0.39 is 26.1 Å². The molecule has 1 aromatic carbocycles. The number of hydrogen-bond donors (Lipinski definition) is 2. The van der Waals surface area contributed by atoms with Gasteiger partial charge in [0, 0.05) is 13.0 Å². The van der Waals surface area contributed by atoms with E-state index in [0.717, 1.165) is 17.7 Å². The minimum Gasteiger partial charge on any atom is -0.494 e. The Labute approximate surface area is 183 Å². The van der Waals surface area contributed by atoms with Crippen LogP contribution in [-0.2, 0) is 15.6 Å². The molecule has 1 aromatic rings. The number of nitrogens with one attached hydrogen (secondary N) is 1. The Hall–Kier alpha value is -1.57. The van der Waals surface area contributed by atoms with Crippen molar-refractivity contribution in [3.8, 4) is 5.75 Å². The van der Waals surface area contributed by atoms with Crippen molar-refractivity contribution >= 4 is 14.4 Å². The van der Waals surface area contributed by atoms with Crippen LogP contribution in [0, 0.1) is 0 Å². The quantitative estimate of drug-likeness (QED) is 0.400. The van der Waals surface area contributed by atoms with Crippen LogP contribution in [0.5, 0.6) is 5.75 Å². The Morgan fingerprint density at radius 1 is 1.07 bits per heavy atom. The third kappa shape index (κ3) is 9.96. The number of alkyl carbamates (subject to hydrolysis) is 1. The van der Waals surface area contributed by atoms with Crippen molar-refractivity contribution in [3.05, 3.63) is 29.8 Å². The highest BCUT2D eigenvalue weighted by atomic mass is 28.4. The number of hydrogen-bond acceptors (Lipinski definition) is 5. The van der Waals surface area contributed by atoms with E-state index in [9.17, 15) is 9.90 Å². The molecule has 0 heterocycles. The van der Waals surface area contributed by atoms with Crippen LogP contribution in [0.15, 0.2) is 24.3 Å². The second-order valence-corrected chi connectivity index (χ2v) is 15.0. The van der Waals surface area contributed by atoms with Crippen LogP contribution in [0.3, 0.4) is 0 Å². The maximum atomic E-state index is 11.9. The first kappa shape index (κ1) is 26.5. The number of benzene rings is 1. The highest BCUT2D eigenvalue weighted by Crippen LogP contribution is 2.36. The lowest BCUT2D eigenvalue weighted by Crippen LogP contribution is -2.42. The van der Waals surface area contributed by atoms with E-state index in [1.54, 1.807) is 20.8 Å². The number of aliphatic hydroxyl groups is 1. The average molecular weight is 440 g/mol. The monoisotopic (exact) mass is 439 g/mol. The number of aliphatic hydroxyl groups excluding tert-OH is 1. The second-order valence-electron chi connectivity index (χ2n) is 10.2. The van der Waals surface area contributed by atoms with Gasteiger partial charge in [-0.05, 0) is 63.0 Å². The van der Waals surface area contributed by atoms with Crippen LogP contribution >= 0.6 is 0 Å². The van der Waals surface area contributed by atoms with Gasteiger partial charge in [-0.2, -0.15) is 0 Å². The topological polar surface area (TPSA) is 77.0 Å². The molecule has 1 unspecified atom stereocenters. The van der Waals surface area contributed by atoms with Crippen molar-refractivity contribution in [1.29, 1.82) is 0 Å². The summed E-state index contributed by atoms with van der Waals surface area (Å²) < 4.78 is 17.2. The normalized spacial score (nSPS) is 13.6. The third-order valence-corrected chi connectivity index (χ3v) is 9.71. The minimum atomic E-state index is -1.70. The van der Waals surface area contributed by atoms with Gasteiger partial charge in [-0.25, -0.2) is 4.79 Å². The molecule has 30 heavy (non-hydrogen) atoms. The van der Waals surface area contributed by atoms with E-state index in [1.165, 1.54) is 0 Å². The van der Waals surface area contributed by atoms with Gasteiger partial charge in [-0.3, -0.25) is 0 Å². The Morgan fingerprint density at radius 3 is 2.17 bits per heavy atom. The summed E-state index contributed by atoms with van der Waals surface area (Å²) in [6.07, 6.45) is 0.832. The van der Waals surface area contributed by atoms with Gasteiger partial charge in [-0.1, -0.05) is 32.9 Å². The lowest BCUT2D eigenvalue weighted by molar-refractivity contribution is 0.0483. The zero-order chi connectivity index (χ0) is 23.0. The molecule has 0 spiro atoms. The lowest BCUT2D eigenvalue weighted by atomic mass is 10.1. The van der Waals surface area contributed by atoms with Crippen molar-refractivity contribution in [2.75, 3.05) is 19.8 Å². The average Bonchev–Trinajstić information content (AvgIpc) is 2.59.